The summed E-state index contributed by atoms with van der Waals surface area (Å²) in [5, 5.41) is 6.80. The van der Waals surface area contributed by atoms with Crippen molar-refractivity contribution in [3.63, 3.8) is 0 Å². The lowest BCUT2D eigenvalue weighted by Gasteiger charge is -2.27. The Morgan fingerprint density at radius 2 is 1.67 bits per heavy atom. The first-order valence-corrected chi connectivity index (χ1v) is 13.0. The van der Waals surface area contributed by atoms with Crippen molar-refractivity contribution in [1.29, 1.82) is 0 Å². The molecular formula is C33H36N2O4. The third-order valence-electron chi connectivity index (χ3n) is 6.10. The Kier molecular flexibility index (Phi) is 10.8. The summed E-state index contributed by atoms with van der Waals surface area (Å²) < 4.78 is 10.3. The molecular weight excluding hydrogens is 488 g/mol. The van der Waals surface area contributed by atoms with Crippen LogP contribution in [0.2, 0.25) is 0 Å². The van der Waals surface area contributed by atoms with E-state index in [1.165, 1.54) is 0 Å². The Labute approximate surface area is 231 Å². The maximum absolute atomic E-state index is 13.9. The van der Waals surface area contributed by atoms with Crippen LogP contribution in [-0.4, -0.2) is 38.4 Å². The summed E-state index contributed by atoms with van der Waals surface area (Å²) in [4.78, 5) is 27.7. The topological polar surface area (TPSA) is 76.7 Å². The van der Waals surface area contributed by atoms with Crippen LogP contribution in [0.5, 0.6) is 5.75 Å². The highest BCUT2D eigenvalue weighted by Crippen LogP contribution is 2.35. The first kappa shape index (κ1) is 29.1. The molecule has 0 spiro atoms. The number of hydrogen-bond acceptors (Lipinski definition) is 6. The van der Waals surface area contributed by atoms with E-state index < -0.39 is 6.04 Å². The highest BCUT2D eigenvalue weighted by atomic mass is 16.5. The van der Waals surface area contributed by atoms with E-state index in [1.807, 2.05) is 74.6 Å². The standard InChI is InChI=1S/C31H30N2O4.C2H6/c1-4-10-21(11-7-8-20-36-2)32-26-14-9-15-27(33-22-16-18-23(37-3)19-17-22)29-28(26)30(34)24-12-5-6-13-25(24)31(29)35;1-2/h4-10,12-19,26,32-33H,1,11,20H2,2-3H3;1-2H3/b8-7-,21-10+;. The predicted octanol–water partition coefficient (Wildman–Crippen LogP) is 6.58. The van der Waals surface area contributed by atoms with Gasteiger partial charge in [-0.1, -0.05) is 75.1 Å². The number of carbonyl (C=O) groups is 2. The molecule has 0 aromatic heterocycles. The van der Waals surface area contributed by atoms with Gasteiger partial charge in [0, 0.05) is 41.6 Å². The molecule has 0 saturated carbocycles. The molecule has 6 heteroatoms. The van der Waals surface area contributed by atoms with E-state index in [9.17, 15) is 9.59 Å². The van der Waals surface area contributed by atoms with Gasteiger partial charge in [0.15, 0.2) is 11.6 Å². The van der Waals surface area contributed by atoms with Crippen molar-refractivity contribution in [2.45, 2.75) is 26.3 Å². The molecule has 202 valence electrons. The van der Waals surface area contributed by atoms with Crippen molar-refractivity contribution in [2.75, 3.05) is 26.1 Å². The number of rotatable bonds is 10. The summed E-state index contributed by atoms with van der Waals surface area (Å²) >= 11 is 0. The largest absolute Gasteiger partial charge is 0.497 e. The molecule has 2 aromatic rings. The van der Waals surface area contributed by atoms with Crippen LogP contribution < -0.4 is 15.4 Å². The number of fused-ring (bicyclic) bond motifs is 1. The van der Waals surface area contributed by atoms with E-state index >= 15 is 0 Å². The molecule has 0 saturated heterocycles. The number of carbonyl (C=O) groups excluding carboxylic acids is 2. The van der Waals surface area contributed by atoms with Gasteiger partial charge in [-0.25, -0.2) is 0 Å². The van der Waals surface area contributed by atoms with Crippen LogP contribution in [0.25, 0.3) is 0 Å². The van der Waals surface area contributed by atoms with Gasteiger partial charge in [-0.3, -0.25) is 9.59 Å². The Balaban J connectivity index is 0.00000205. The average Bonchev–Trinajstić information content (AvgIpc) is 3.15. The predicted molar refractivity (Wildman–Crippen MR) is 158 cm³/mol. The second-order valence-corrected chi connectivity index (χ2v) is 8.49. The van der Waals surface area contributed by atoms with Gasteiger partial charge < -0.3 is 20.1 Å². The molecule has 0 radical (unpaired) electrons. The average molecular weight is 525 g/mol. The zero-order valence-electron chi connectivity index (χ0n) is 23.0. The third kappa shape index (κ3) is 6.92. The fourth-order valence-electron chi connectivity index (χ4n) is 4.35. The van der Waals surface area contributed by atoms with Crippen molar-refractivity contribution in [3.8, 4) is 5.75 Å². The number of anilines is 1. The Bertz CT molecular complexity index is 1340. The number of allylic oxidation sites excluding steroid dienone is 6. The number of benzene rings is 2. The van der Waals surface area contributed by atoms with E-state index in [0.29, 0.717) is 41.0 Å². The van der Waals surface area contributed by atoms with Gasteiger partial charge in [-0.2, -0.15) is 0 Å². The zero-order chi connectivity index (χ0) is 28.2. The Morgan fingerprint density at radius 1 is 0.974 bits per heavy atom. The minimum atomic E-state index is -0.520. The first-order chi connectivity index (χ1) is 19.1. The maximum atomic E-state index is 13.9. The monoisotopic (exact) mass is 524 g/mol. The van der Waals surface area contributed by atoms with E-state index in [0.717, 1.165) is 17.1 Å². The van der Waals surface area contributed by atoms with Crippen LogP contribution in [0.15, 0.2) is 120 Å². The summed E-state index contributed by atoms with van der Waals surface area (Å²) in [5.41, 5.74) is 3.76. The maximum Gasteiger partial charge on any atom is 0.196 e. The summed E-state index contributed by atoms with van der Waals surface area (Å²) in [6.45, 7) is 8.33. The van der Waals surface area contributed by atoms with E-state index in [2.05, 4.69) is 17.2 Å². The molecule has 2 aliphatic carbocycles. The normalized spacial score (nSPS) is 16.5. The van der Waals surface area contributed by atoms with Gasteiger partial charge in [-0.15, -0.1) is 0 Å². The lowest BCUT2D eigenvalue weighted by atomic mass is 9.80. The van der Waals surface area contributed by atoms with Crippen LogP contribution in [0.4, 0.5) is 5.69 Å². The van der Waals surface area contributed by atoms with Crippen molar-refractivity contribution in [1.82, 2.24) is 5.32 Å². The third-order valence-corrected chi connectivity index (χ3v) is 6.10. The molecule has 4 rings (SSSR count). The molecule has 1 unspecified atom stereocenters. The molecule has 0 aliphatic heterocycles. The summed E-state index contributed by atoms with van der Waals surface area (Å²) in [6.07, 6.45) is 13.6. The van der Waals surface area contributed by atoms with Crippen LogP contribution in [-0.2, 0) is 4.74 Å². The number of hydrogen-bond donors (Lipinski definition) is 2. The van der Waals surface area contributed by atoms with E-state index in [4.69, 9.17) is 9.47 Å². The molecule has 2 N–H and O–H groups in total. The molecule has 2 aliphatic rings. The van der Waals surface area contributed by atoms with Crippen molar-refractivity contribution in [2.24, 2.45) is 0 Å². The molecule has 39 heavy (non-hydrogen) atoms. The Morgan fingerprint density at radius 3 is 2.31 bits per heavy atom. The van der Waals surface area contributed by atoms with Crippen LogP contribution in [0.1, 0.15) is 41.0 Å². The fourth-order valence-corrected chi connectivity index (χ4v) is 4.35. The molecule has 0 bridgehead atoms. The van der Waals surface area contributed by atoms with Crippen molar-refractivity contribution >= 4 is 17.3 Å². The van der Waals surface area contributed by atoms with Crippen LogP contribution >= 0.6 is 0 Å². The first-order valence-electron chi connectivity index (χ1n) is 13.0. The van der Waals surface area contributed by atoms with Gasteiger partial charge >= 0.3 is 0 Å². The number of methoxy groups -OCH3 is 2. The van der Waals surface area contributed by atoms with Gasteiger partial charge in [0.25, 0.3) is 0 Å². The SMILES string of the molecule is C=C/C=C(\C/C=C\COC)NC1C=CC=C(Nc2ccc(OC)cc2)C2=C1C(=O)c1ccccc1C2=O.CC. The number of Topliss-reactive ketones (excluding diaryl/α,β-unsaturated/α-hetero) is 2. The molecule has 2 aromatic carbocycles. The number of nitrogens with one attached hydrogen (secondary N) is 2. The highest BCUT2D eigenvalue weighted by Gasteiger charge is 2.37. The minimum absolute atomic E-state index is 0.176. The molecule has 0 fully saturated rings. The fraction of sp³-hybridized carbons (Fsp3) is 0.212. The second kappa shape index (κ2) is 14.5. The molecule has 0 heterocycles. The van der Waals surface area contributed by atoms with Gasteiger partial charge in [0.05, 0.1) is 31.0 Å². The lowest BCUT2D eigenvalue weighted by molar-refractivity contribution is 0.0972. The lowest BCUT2D eigenvalue weighted by Crippen LogP contribution is -2.37. The zero-order valence-corrected chi connectivity index (χ0v) is 23.0. The smallest absolute Gasteiger partial charge is 0.196 e. The van der Waals surface area contributed by atoms with Crippen LogP contribution in [0.3, 0.4) is 0 Å². The van der Waals surface area contributed by atoms with Crippen LogP contribution in [0, 0.1) is 0 Å². The highest BCUT2D eigenvalue weighted by molar-refractivity contribution is 6.29. The minimum Gasteiger partial charge on any atom is -0.497 e. The molecule has 1 atom stereocenters. The number of ketones is 2. The summed E-state index contributed by atoms with van der Waals surface area (Å²) in [7, 11) is 3.25. The number of ether oxygens (including phenoxy) is 2. The van der Waals surface area contributed by atoms with E-state index in [-0.39, 0.29) is 11.6 Å². The van der Waals surface area contributed by atoms with Crippen molar-refractivity contribution < 1.29 is 19.1 Å². The molecule has 6 nitrogen and oxygen atoms in total. The second-order valence-electron chi connectivity index (χ2n) is 8.49. The molecule has 0 amide bonds. The van der Waals surface area contributed by atoms with Crippen molar-refractivity contribution in [3.05, 3.63) is 131 Å². The summed E-state index contributed by atoms with van der Waals surface area (Å²) in [5.74, 6) is 0.357. The summed E-state index contributed by atoms with van der Waals surface area (Å²) in [6, 6.07) is 13.8. The van der Waals surface area contributed by atoms with Gasteiger partial charge in [0.1, 0.15) is 5.75 Å². The Hall–Kier alpha value is -4.42. The van der Waals surface area contributed by atoms with Gasteiger partial charge in [0.2, 0.25) is 0 Å². The van der Waals surface area contributed by atoms with E-state index in [1.54, 1.807) is 44.6 Å². The quantitative estimate of drug-likeness (QED) is 0.270. The van der Waals surface area contributed by atoms with Gasteiger partial charge in [-0.05, 0) is 36.4 Å².